The number of hydrogen-bond acceptors (Lipinski definition) is 3. The second kappa shape index (κ2) is 7.68. The molecule has 0 unspecified atom stereocenters. The van der Waals surface area contributed by atoms with Gasteiger partial charge in [-0.1, -0.05) is 32.9 Å². The second-order valence-corrected chi connectivity index (χ2v) is 5.20. The topological polar surface area (TPSA) is 50.7 Å². The molecule has 1 aromatic rings. The van der Waals surface area contributed by atoms with Crippen molar-refractivity contribution in [3.63, 3.8) is 0 Å². The van der Waals surface area contributed by atoms with Crippen molar-refractivity contribution >= 4 is 11.6 Å². The van der Waals surface area contributed by atoms with Crippen molar-refractivity contribution in [3.8, 4) is 5.75 Å². The minimum Gasteiger partial charge on any atom is -0.483 e. The second-order valence-electron chi connectivity index (χ2n) is 5.20. The van der Waals surface area contributed by atoms with Gasteiger partial charge in [0.2, 0.25) is 0 Å². The number of rotatable bonds is 6. The third-order valence-electron chi connectivity index (χ3n) is 3.06. The Morgan fingerprint density at radius 3 is 2.65 bits per heavy atom. The molecule has 20 heavy (non-hydrogen) atoms. The van der Waals surface area contributed by atoms with Gasteiger partial charge in [0, 0.05) is 5.71 Å². The molecular weight excluding hydrogens is 252 g/mol. The highest BCUT2D eigenvalue weighted by molar-refractivity contribution is 5.87. The van der Waals surface area contributed by atoms with Crippen LogP contribution in [0.3, 0.4) is 0 Å². The monoisotopic (exact) mass is 276 g/mol. The summed E-state index contributed by atoms with van der Waals surface area (Å²) >= 11 is 0. The van der Waals surface area contributed by atoms with Crippen molar-refractivity contribution < 1.29 is 9.53 Å². The van der Waals surface area contributed by atoms with E-state index in [0.29, 0.717) is 5.92 Å². The standard InChI is InChI=1S/C16H24N2O2/c1-6-14(11(2)3)17-18-16(19)10-20-15-9-12(4)7-8-13(15)5/h7-9,11H,6,10H2,1-5H3,(H,18,19)/b17-14-. The van der Waals surface area contributed by atoms with Crippen LogP contribution in [0.25, 0.3) is 0 Å². The summed E-state index contributed by atoms with van der Waals surface area (Å²) in [5.74, 6) is 0.835. The Balaban J connectivity index is 2.53. The molecule has 0 heterocycles. The van der Waals surface area contributed by atoms with E-state index in [0.717, 1.165) is 29.0 Å². The SMILES string of the molecule is CC/C(=N/NC(=O)COc1cc(C)ccc1C)C(C)C. The first-order chi connectivity index (χ1) is 9.43. The van der Waals surface area contributed by atoms with E-state index in [2.05, 4.69) is 24.4 Å². The van der Waals surface area contributed by atoms with E-state index in [-0.39, 0.29) is 12.5 Å². The van der Waals surface area contributed by atoms with Gasteiger partial charge in [-0.25, -0.2) is 5.43 Å². The molecule has 110 valence electrons. The molecule has 1 aromatic carbocycles. The maximum absolute atomic E-state index is 11.7. The number of hydrogen-bond donors (Lipinski definition) is 1. The first kappa shape index (κ1) is 16.2. The number of amides is 1. The zero-order valence-corrected chi connectivity index (χ0v) is 13.0. The van der Waals surface area contributed by atoms with Crippen LogP contribution in [0.15, 0.2) is 23.3 Å². The molecule has 4 nitrogen and oxygen atoms in total. The number of nitrogens with zero attached hydrogens (tertiary/aromatic N) is 1. The van der Waals surface area contributed by atoms with Gasteiger partial charge in [0.1, 0.15) is 5.75 Å². The van der Waals surface area contributed by atoms with Crippen molar-refractivity contribution in [1.82, 2.24) is 5.43 Å². The lowest BCUT2D eigenvalue weighted by Gasteiger charge is -2.10. The minimum absolute atomic E-state index is 0.0249. The van der Waals surface area contributed by atoms with E-state index < -0.39 is 0 Å². The first-order valence-electron chi connectivity index (χ1n) is 6.99. The predicted octanol–water partition coefficient (Wildman–Crippen LogP) is 3.22. The highest BCUT2D eigenvalue weighted by Gasteiger charge is 2.06. The van der Waals surface area contributed by atoms with E-state index in [4.69, 9.17) is 4.74 Å². The van der Waals surface area contributed by atoms with Crippen LogP contribution in [0.2, 0.25) is 0 Å². The van der Waals surface area contributed by atoms with Gasteiger partial charge in [-0.15, -0.1) is 0 Å². The quantitative estimate of drug-likeness (QED) is 0.640. The van der Waals surface area contributed by atoms with Crippen molar-refractivity contribution in [2.45, 2.75) is 41.0 Å². The third kappa shape index (κ3) is 5.03. The molecule has 0 aromatic heterocycles. The third-order valence-corrected chi connectivity index (χ3v) is 3.06. The summed E-state index contributed by atoms with van der Waals surface area (Å²) in [5, 5.41) is 4.13. The van der Waals surface area contributed by atoms with Gasteiger partial charge in [0.25, 0.3) is 5.91 Å². The van der Waals surface area contributed by atoms with E-state index >= 15 is 0 Å². The Kier molecular flexibility index (Phi) is 6.22. The molecule has 1 amide bonds. The van der Waals surface area contributed by atoms with Gasteiger partial charge in [0.15, 0.2) is 6.61 Å². The Hall–Kier alpha value is -1.84. The zero-order valence-electron chi connectivity index (χ0n) is 13.0. The van der Waals surface area contributed by atoms with Gasteiger partial charge < -0.3 is 4.74 Å². The summed E-state index contributed by atoms with van der Waals surface area (Å²) in [6, 6.07) is 5.93. The highest BCUT2D eigenvalue weighted by Crippen LogP contribution is 2.18. The van der Waals surface area contributed by atoms with E-state index in [9.17, 15) is 4.79 Å². The number of hydrazone groups is 1. The molecule has 0 atom stereocenters. The lowest BCUT2D eigenvalue weighted by atomic mass is 10.1. The molecule has 0 spiro atoms. The molecule has 0 bridgehead atoms. The summed E-state index contributed by atoms with van der Waals surface area (Å²) in [6.07, 6.45) is 0.829. The van der Waals surface area contributed by atoms with Gasteiger partial charge in [-0.05, 0) is 43.4 Å². The normalized spacial score (nSPS) is 11.6. The summed E-state index contributed by atoms with van der Waals surface area (Å²) in [5.41, 5.74) is 5.65. The largest absolute Gasteiger partial charge is 0.483 e. The van der Waals surface area contributed by atoms with Gasteiger partial charge in [-0.3, -0.25) is 4.79 Å². The van der Waals surface area contributed by atoms with Crippen LogP contribution in [0.4, 0.5) is 0 Å². The number of carbonyl (C=O) groups is 1. The van der Waals surface area contributed by atoms with Crippen molar-refractivity contribution in [2.24, 2.45) is 11.0 Å². The maximum Gasteiger partial charge on any atom is 0.277 e. The summed E-state index contributed by atoms with van der Waals surface area (Å²) < 4.78 is 5.52. The van der Waals surface area contributed by atoms with Gasteiger partial charge >= 0.3 is 0 Å². The highest BCUT2D eigenvalue weighted by atomic mass is 16.5. The minimum atomic E-state index is -0.238. The zero-order chi connectivity index (χ0) is 15.1. The molecule has 1 N–H and O–H groups in total. The molecule has 0 radical (unpaired) electrons. The van der Waals surface area contributed by atoms with E-state index in [1.807, 2.05) is 39.0 Å². The number of carbonyl (C=O) groups excluding carboxylic acids is 1. The Bertz CT molecular complexity index is 493. The Morgan fingerprint density at radius 1 is 1.35 bits per heavy atom. The van der Waals surface area contributed by atoms with Crippen LogP contribution in [0, 0.1) is 19.8 Å². The molecule has 0 saturated carbocycles. The maximum atomic E-state index is 11.7. The molecule has 0 aliphatic heterocycles. The molecule has 0 aliphatic carbocycles. The Morgan fingerprint density at radius 2 is 2.05 bits per heavy atom. The predicted molar refractivity (Wildman–Crippen MR) is 82.1 cm³/mol. The fourth-order valence-electron chi connectivity index (χ4n) is 1.79. The summed E-state index contributed by atoms with van der Waals surface area (Å²) in [6.45, 7) is 10.1. The smallest absolute Gasteiger partial charge is 0.277 e. The number of ether oxygens (including phenoxy) is 1. The van der Waals surface area contributed by atoms with Crippen LogP contribution < -0.4 is 10.2 Å². The van der Waals surface area contributed by atoms with Crippen LogP contribution in [-0.4, -0.2) is 18.2 Å². The lowest BCUT2D eigenvalue weighted by Crippen LogP contribution is -2.26. The summed E-state index contributed by atoms with van der Waals surface area (Å²) in [4.78, 5) is 11.7. The van der Waals surface area contributed by atoms with Gasteiger partial charge in [-0.2, -0.15) is 5.10 Å². The van der Waals surface area contributed by atoms with Crippen LogP contribution in [0.5, 0.6) is 5.75 Å². The van der Waals surface area contributed by atoms with E-state index in [1.54, 1.807) is 0 Å². The number of benzene rings is 1. The molecular formula is C16H24N2O2. The summed E-state index contributed by atoms with van der Waals surface area (Å²) in [7, 11) is 0. The number of aryl methyl sites for hydroxylation is 2. The molecule has 4 heteroatoms. The van der Waals surface area contributed by atoms with E-state index in [1.165, 1.54) is 0 Å². The fourth-order valence-corrected chi connectivity index (χ4v) is 1.79. The van der Waals surface area contributed by atoms with Crippen LogP contribution in [-0.2, 0) is 4.79 Å². The van der Waals surface area contributed by atoms with Crippen molar-refractivity contribution in [2.75, 3.05) is 6.61 Å². The Labute approximate surface area is 121 Å². The molecule has 1 rings (SSSR count). The lowest BCUT2D eigenvalue weighted by molar-refractivity contribution is -0.123. The molecule has 0 fully saturated rings. The average Bonchev–Trinajstić information content (AvgIpc) is 2.40. The number of nitrogens with one attached hydrogen (secondary N) is 1. The first-order valence-corrected chi connectivity index (χ1v) is 6.99. The van der Waals surface area contributed by atoms with Crippen molar-refractivity contribution in [1.29, 1.82) is 0 Å². The average molecular weight is 276 g/mol. The van der Waals surface area contributed by atoms with Gasteiger partial charge in [0.05, 0.1) is 0 Å². The molecule has 0 aliphatic rings. The fraction of sp³-hybridized carbons (Fsp3) is 0.500. The van der Waals surface area contributed by atoms with Crippen LogP contribution >= 0.6 is 0 Å². The van der Waals surface area contributed by atoms with Crippen LogP contribution in [0.1, 0.15) is 38.3 Å². The van der Waals surface area contributed by atoms with Crippen molar-refractivity contribution in [3.05, 3.63) is 29.3 Å². The molecule has 0 saturated heterocycles.